The van der Waals surface area contributed by atoms with E-state index in [9.17, 15) is 4.79 Å². The fraction of sp³-hybridized carbons (Fsp3) is 0.750. The summed E-state index contributed by atoms with van der Waals surface area (Å²) < 4.78 is 21.3. The summed E-state index contributed by atoms with van der Waals surface area (Å²) in [6, 6.07) is 0. The Hall–Kier alpha value is -1.07. The standard InChI is InChI=1S/C12H16O5/c1-14-10(13)8-5-16-12-9-6(8)3-4-7(9)11(15-2)17-12/h5-7,9,11-12H,3-4H2,1-2H3/t6-,7-,9+,11-,12-/m1/s1. The van der Waals surface area contributed by atoms with E-state index in [0.29, 0.717) is 11.5 Å². The van der Waals surface area contributed by atoms with Crippen LogP contribution in [0, 0.1) is 17.8 Å². The summed E-state index contributed by atoms with van der Waals surface area (Å²) >= 11 is 0. The average molecular weight is 240 g/mol. The van der Waals surface area contributed by atoms with Gasteiger partial charge in [0.25, 0.3) is 0 Å². The fourth-order valence-corrected chi connectivity index (χ4v) is 3.35. The molecular formula is C12H16O5. The first-order valence-electron chi connectivity index (χ1n) is 5.88. The number of methoxy groups -OCH3 is 2. The maximum atomic E-state index is 11.7. The van der Waals surface area contributed by atoms with E-state index < -0.39 is 0 Å². The van der Waals surface area contributed by atoms with Crippen LogP contribution in [-0.4, -0.2) is 32.8 Å². The van der Waals surface area contributed by atoms with E-state index in [-0.39, 0.29) is 30.4 Å². The molecule has 2 fully saturated rings. The predicted octanol–water partition coefficient (Wildman–Crippen LogP) is 1.04. The lowest BCUT2D eigenvalue weighted by Crippen LogP contribution is -2.32. The van der Waals surface area contributed by atoms with E-state index in [1.807, 2.05) is 0 Å². The summed E-state index contributed by atoms with van der Waals surface area (Å²) in [6.45, 7) is 0. The summed E-state index contributed by atoms with van der Waals surface area (Å²) in [5.74, 6) is 0.434. The molecule has 1 aliphatic carbocycles. The summed E-state index contributed by atoms with van der Waals surface area (Å²) in [7, 11) is 3.04. The number of ether oxygens (including phenoxy) is 4. The Morgan fingerprint density at radius 3 is 2.94 bits per heavy atom. The third kappa shape index (κ3) is 1.49. The van der Waals surface area contributed by atoms with Crippen LogP contribution in [-0.2, 0) is 23.7 Å². The lowest BCUT2D eigenvalue weighted by molar-refractivity contribution is -0.197. The molecule has 0 unspecified atom stereocenters. The Morgan fingerprint density at radius 2 is 2.24 bits per heavy atom. The zero-order valence-corrected chi connectivity index (χ0v) is 9.92. The van der Waals surface area contributed by atoms with Crippen LogP contribution in [0.4, 0.5) is 0 Å². The highest BCUT2D eigenvalue weighted by atomic mass is 16.8. The topological polar surface area (TPSA) is 54.0 Å². The van der Waals surface area contributed by atoms with Gasteiger partial charge in [-0.05, 0) is 12.8 Å². The quantitative estimate of drug-likeness (QED) is 0.675. The minimum absolute atomic E-state index is 0.186. The molecule has 0 aromatic carbocycles. The molecule has 5 nitrogen and oxygen atoms in total. The molecule has 1 saturated heterocycles. The van der Waals surface area contributed by atoms with Crippen molar-refractivity contribution >= 4 is 5.97 Å². The molecule has 0 N–H and O–H groups in total. The van der Waals surface area contributed by atoms with Gasteiger partial charge in [-0.15, -0.1) is 0 Å². The van der Waals surface area contributed by atoms with Crippen LogP contribution in [0.25, 0.3) is 0 Å². The van der Waals surface area contributed by atoms with E-state index in [2.05, 4.69) is 0 Å². The van der Waals surface area contributed by atoms with Crippen molar-refractivity contribution in [1.29, 1.82) is 0 Å². The van der Waals surface area contributed by atoms with Crippen molar-refractivity contribution in [1.82, 2.24) is 0 Å². The second-order valence-corrected chi connectivity index (χ2v) is 4.73. The molecule has 3 aliphatic rings. The van der Waals surface area contributed by atoms with Gasteiger partial charge in [0.05, 0.1) is 18.9 Å². The second kappa shape index (κ2) is 3.99. The second-order valence-electron chi connectivity index (χ2n) is 4.73. The monoisotopic (exact) mass is 240 g/mol. The summed E-state index contributed by atoms with van der Waals surface area (Å²) in [6.07, 6.45) is 2.99. The highest BCUT2D eigenvalue weighted by Gasteiger charge is 2.56. The van der Waals surface area contributed by atoms with Crippen LogP contribution < -0.4 is 0 Å². The summed E-state index contributed by atoms with van der Waals surface area (Å²) in [4.78, 5) is 11.7. The van der Waals surface area contributed by atoms with Crippen molar-refractivity contribution in [2.24, 2.45) is 17.8 Å². The first-order valence-corrected chi connectivity index (χ1v) is 5.88. The van der Waals surface area contributed by atoms with Gasteiger partial charge in [-0.25, -0.2) is 4.79 Å². The molecule has 3 rings (SSSR count). The molecule has 5 atom stereocenters. The average Bonchev–Trinajstić information content (AvgIpc) is 2.94. The van der Waals surface area contributed by atoms with Gasteiger partial charge in [0, 0.05) is 24.9 Å². The van der Waals surface area contributed by atoms with Crippen molar-refractivity contribution in [3.63, 3.8) is 0 Å². The molecular weight excluding hydrogens is 224 g/mol. The number of rotatable bonds is 2. The smallest absolute Gasteiger partial charge is 0.337 e. The van der Waals surface area contributed by atoms with Gasteiger partial charge in [-0.3, -0.25) is 0 Å². The fourth-order valence-electron chi connectivity index (χ4n) is 3.35. The van der Waals surface area contributed by atoms with Crippen LogP contribution in [0.15, 0.2) is 11.8 Å². The Balaban J connectivity index is 1.87. The van der Waals surface area contributed by atoms with Crippen molar-refractivity contribution in [2.45, 2.75) is 25.4 Å². The zero-order chi connectivity index (χ0) is 12.0. The van der Waals surface area contributed by atoms with E-state index in [4.69, 9.17) is 18.9 Å². The summed E-state index contributed by atoms with van der Waals surface area (Å²) in [5, 5.41) is 0. The highest BCUT2D eigenvalue weighted by molar-refractivity contribution is 5.89. The molecule has 0 spiro atoms. The largest absolute Gasteiger partial charge is 0.472 e. The van der Waals surface area contributed by atoms with Gasteiger partial charge in [-0.1, -0.05) is 0 Å². The molecule has 1 saturated carbocycles. The number of hydrogen-bond acceptors (Lipinski definition) is 5. The number of carbonyl (C=O) groups is 1. The lowest BCUT2D eigenvalue weighted by Gasteiger charge is -2.28. The SMILES string of the molecule is COC(=O)C1=CO[C@@H]2O[C@@H](OC)[C@@H]3CC[C@H]1[C@H]23. The van der Waals surface area contributed by atoms with E-state index in [0.717, 1.165) is 12.8 Å². The summed E-state index contributed by atoms with van der Waals surface area (Å²) in [5.41, 5.74) is 0.636. The molecule has 0 radical (unpaired) electrons. The number of carbonyl (C=O) groups excluding carboxylic acids is 1. The molecule has 17 heavy (non-hydrogen) atoms. The molecule has 0 amide bonds. The van der Waals surface area contributed by atoms with Crippen LogP contribution in [0.1, 0.15) is 12.8 Å². The Morgan fingerprint density at radius 1 is 1.41 bits per heavy atom. The molecule has 2 heterocycles. The lowest BCUT2D eigenvalue weighted by atomic mass is 9.84. The van der Waals surface area contributed by atoms with Gasteiger partial charge in [0.15, 0.2) is 6.29 Å². The van der Waals surface area contributed by atoms with Gasteiger partial charge < -0.3 is 18.9 Å². The first kappa shape index (κ1) is 11.0. The zero-order valence-electron chi connectivity index (χ0n) is 9.92. The molecule has 2 aliphatic heterocycles. The highest BCUT2D eigenvalue weighted by Crippen LogP contribution is 2.53. The third-order valence-electron chi connectivity index (χ3n) is 4.08. The first-order chi connectivity index (χ1) is 8.26. The normalized spacial score (nSPS) is 42.7. The minimum Gasteiger partial charge on any atom is -0.472 e. The van der Waals surface area contributed by atoms with Crippen molar-refractivity contribution in [3.8, 4) is 0 Å². The van der Waals surface area contributed by atoms with E-state index in [1.54, 1.807) is 7.11 Å². The van der Waals surface area contributed by atoms with E-state index >= 15 is 0 Å². The van der Waals surface area contributed by atoms with Crippen molar-refractivity contribution in [3.05, 3.63) is 11.8 Å². The predicted molar refractivity (Wildman–Crippen MR) is 56.6 cm³/mol. The van der Waals surface area contributed by atoms with Crippen molar-refractivity contribution < 1.29 is 23.7 Å². The maximum Gasteiger partial charge on any atom is 0.337 e. The van der Waals surface area contributed by atoms with Crippen LogP contribution >= 0.6 is 0 Å². The maximum absolute atomic E-state index is 11.7. The van der Waals surface area contributed by atoms with Gasteiger partial charge in [0.2, 0.25) is 6.29 Å². The molecule has 0 aromatic heterocycles. The van der Waals surface area contributed by atoms with E-state index in [1.165, 1.54) is 13.4 Å². The molecule has 0 bridgehead atoms. The Bertz CT molecular complexity index is 364. The van der Waals surface area contributed by atoms with Gasteiger partial charge in [-0.2, -0.15) is 0 Å². The van der Waals surface area contributed by atoms with Gasteiger partial charge in [0.1, 0.15) is 0 Å². The number of hydrogen-bond donors (Lipinski definition) is 0. The van der Waals surface area contributed by atoms with Crippen LogP contribution in [0.2, 0.25) is 0 Å². The number of esters is 1. The van der Waals surface area contributed by atoms with Crippen molar-refractivity contribution in [2.75, 3.05) is 14.2 Å². The Labute approximate surface area is 99.7 Å². The molecule has 0 aromatic rings. The third-order valence-corrected chi connectivity index (χ3v) is 4.08. The van der Waals surface area contributed by atoms with Gasteiger partial charge >= 0.3 is 5.97 Å². The molecule has 94 valence electrons. The molecule has 5 heteroatoms. The van der Waals surface area contributed by atoms with Crippen LogP contribution in [0.3, 0.4) is 0 Å². The minimum atomic E-state index is -0.296. The van der Waals surface area contributed by atoms with Crippen LogP contribution in [0.5, 0.6) is 0 Å². The Kier molecular flexibility index (Phi) is 2.60.